The molecule has 3 heterocycles. The molecule has 0 bridgehead atoms. The summed E-state index contributed by atoms with van der Waals surface area (Å²) in [7, 11) is 1.93. The number of para-hydroxylation sites is 2. The van der Waals surface area contributed by atoms with E-state index >= 15 is 0 Å². The van der Waals surface area contributed by atoms with Crippen molar-refractivity contribution in [2.24, 2.45) is 7.05 Å². The molecule has 0 radical (unpaired) electrons. The number of aromatic carboxylic acids is 1. The van der Waals surface area contributed by atoms with Gasteiger partial charge in [0.1, 0.15) is 0 Å². The molecule has 0 spiro atoms. The van der Waals surface area contributed by atoms with E-state index in [1.807, 2.05) is 35.9 Å². The molecule has 23 heavy (non-hydrogen) atoms. The lowest BCUT2D eigenvalue weighted by atomic mass is 10.1. The second kappa shape index (κ2) is 5.38. The van der Waals surface area contributed by atoms with E-state index in [4.69, 9.17) is 0 Å². The lowest BCUT2D eigenvalue weighted by molar-refractivity contribution is 0.0686. The van der Waals surface area contributed by atoms with Gasteiger partial charge in [0, 0.05) is 13.6 Å². The smallest absolute Gasteiger partial charge is 0.354 e. The first-order valence-corrected chi connectivity index (χ1v) is 8.07. The van der Waals surface area contributed by atoms with Gasteiger partial charge in [-0.1, -0.05) is 18.6 Å². The molecule has 1 N–H and O–H groups in total. The summed E-state index contributed by atoms with van der Waals surface area (Å²) in [4.78, 5) is 18.9. The number of aromatic nitrogens is 3. The number of imidazole rings is 2. The fourth-order valence-corrected chi connectivity index (χ4v) is 3.61. The van der Waals surface area contributed by atoms with Crippen molar-refractivity contribution < 1.29 is 9.90 Å². The lowest BCUT2D eigenvalue weighted by Crippen LogP contribution is -2.30. The Morgan fingerprint density at radius 2 is 1.87 bits per heavy atom. The van der Waals surface area contributed by atoms with Crippen molar-refractivity contribution in [1.82, 2.24) is 18.9 Å². The van der Waals surface area contributed by atoms with E-state index in [0.717, 1.165) is 24.1 Å². The molecule has 6 heteroatoms. The maximum atomic E-state index is 11.9. The molecule has 3 aromatic rings. The first kappa shape index (κ1) is 14.3. The van der Waals surface area contributed by atoms with Crippen molar-refractivity contribution in [2.75, 3.05) is 13.1 Å². The van der Waals surface area contributed by atoms with Gasteiger partial charge in [-0.3, -0.25) is 9.30 Å². The number of hydrogen-bond acceptors (Lipinski definition) is 3. The van der Waals surface area contributed by atoms with Crippen molar-refractivity contribution in [3.8, 4) is 0 Å². The first-order chi connectivity index (χ1) is 11.2. The quantitative estimate of drug-likeness (QED) is 0.807. The fraction of sp³-hybridized carbons (Fsp3) is 0.412. The van der Waals surface area contributed by atoms with Gasteiger partial charge >= 0.3 is 5.97 Å². The highest BCUT2D eigenvalue weighted by molar-refractivity contribution is 5.92. The molecular weight excluding hydrogens is 292 g/mol. The maximum Gasteiger partial charge on any atom is 0.354 e. The predicted molar refractivity (Wildman–Crippen MR) is 87.8 cm³/mol. The lowest BCUT2D eigenvalue weighted by Gasteiger charge is -2.25. The molecule has 0 saturated carbocycles. The van der Waals surface area contributed by atoms with Crippen molar-refractivity contribution >= 4 is 22.8 Å². The summed E-state index contributed by atoms with van der Waals surface area (Å²) >= 11 is 0. The number of hydrogen-bond donors (Lipinski definition) is 1. The van der Waals surface area contributed by atoms with Crippen molar-refractivity contribution in [3.63, 3.8) is 0 Å². The molecule has 120 valence electrons. The fourth-order valence-electron chi connectivity index (χ4n) is 3.61. The molecule has 1 fully saturated rings. The van der Waals surface area contributed by atoms with Gasteiger partial charge in [0.15, 0.2) is 5.69 Å². The van der Waals surface area contributed by atoms with Crippen molar-refractivity contribution in [2.45, 2.75) is 25.8 Å². The molecule has 4 rings (SSSR count). The number of nitrogens with zero attached hydrogens (tertiary/aromatic N) is 4. The van der Waals surface area contributed by atoms with E-state index in [9.17, 15) is 9.90 Å². The average molecular weight is 312 g/mol. The zero-order valence-electron chi connectivity index (χ0n) is 13.2. The maximum absolute atomic E-state index is 11.9. The predicted octanol–water partition coefficient (Wildman–Crippen LogP) is 2.51. The minimum absolute atomic E-state index is 0.294. The van der Waals surface area contributed by atoms with Gasteiger partial charge in [-0.25, -0.2) is 9.78 Å². The minimum atomic E-state index is -0.916. The number of rotatable bonds is 3. The second-order valence-electron chi connectivity index (χ2n) is 6.23. The molecule has 0 aliphatic carbocycles. The van der Waals surface area contributed by atoms with Crippen LogP contribution < -0.4 is 0 Å². The molecule has 2 aromatic heterocycles. The molecule has 1 aromatic carbocycles. The van der Waals surface area contributed by atoms with Crippen LogP contribution in [0.1, 0.15) is 35.4 Å². The largest absolute Gasteiger partial charge is 0.477 e. The molecule has 1 aliphatic heterocycles. The SMILES string of the molecule is Cn1c2ccccc2n2c(C(=O)O)c(CN3CCCCC3)nc12. The van der Waals surface area contributed by atoms with Gasteiger partial charge in [0.25, 0.3) is 0 Å². The van der Waals surface area contributed by atoms with Crippen LogP contribution in [-0.4, -0.2) is 43.0 Å². The Bertz CT molecular complexity index is 887. The summed E-state index contributed by atoms with van der Waals surface area (Å²) in [6.45, 7) is 2.65. The molecule has 0 unspecified atom stereocenters. The third-order valence-corrected chi connectivity index (χ3v) is 4.74. The van der Waals surface area contributed by atoms with Crippen LogP contribution in [0, 0.1) is 0 Å². The van der Waals surface area contributed by atoms with Crippen LogP contribution in [0.15, 0.2) is 24.3 Å². The second-order valence-corrected chi connectivity index (χ2v) is 6.23. The van der Waals surface area contributed by atoms with E-state index in [1.165, 1.54) is 19.3 Å². The number of likely N-dealkylation sites (tertiary alicyclic amines) is 1. The third kappa shape index (κ3) is 2.21. The van der Waals surface area contributed by atoms with Gasteiger partial charge < -0.3 is 9.67 Å². The number of carbonyl (C=O) groups is 1. The Labute approximate surface area is 133 Å². The Kier molecular flexibility index (Phi) is 3.34. The highest BCUT2D eigenvalue weighted by Gasteiger charge is 2.25. The number of piperidine rings is 1. The molecule has 0 amide bonds. The number of fused-ring (bicyclic) bond motifs is 3. The summed E-state index contributed by atoms with van der Waals surface area (Å²) in [5, 5.41) is 9.76. The molecule has 6 nitrogen and oxygen atoms in total. The van der Waals surface area contributed by atoms with Crippen molar-refractivity contribution in [1.29, 1.82) is 0 Å². The van der Waals surface area contributed by atoms with Crippen LogP contribution >= 0.6 is 0 Å². The van der Waals surface area contributed by atoms with Crippen LogP contribution in [0.25, 0.3) is 16.8 Å². The number of carboxylic acid groups (broad SMARTS) is 1. The Morgan fingerprint density at radius 3 is 2.57 bits per heavy atom. The van der Waals surface area contributed by atoms with Crippen LogP contribution in [0.5, 0.6) is 0 Å². The summed E-state index contributed by atoms with van der Waals surface area (Å²) in [6, 6.07) is 7.82. The van der Waals surface area contributed by atoms with Gasteiger partial charge in [-0.2, -0.15) is 0 Å². The summed E-state index contributed by atoms with van der Waals surface area (Å²) in [5.41, 5.74) is 2.83. The highest BCUT2D eigenvalue weighted by atomic mass is 16.4. The summed E-state index contributed by atoms with van der Waals surface area (Å²) < 4.78 is 3.73. The molecule has 0 atom stereocenters. The van der Waals surface area contributed by atoms with Crippen LogP contribution in [-0.2, 0) is 13.6 Å². The Morgan fingerprint density at radius 1 is 1.17 bits per heavy atom. The van der Waals surface area contributed by atoms with E-state index in [2.05, 4.69) is 9.88 Å². The normalized spacial score (nSPS) is 16.4. The monoisotopic (exact) mass is 312 g/mol. The van der Waals surface area contributed by atoms with Gasteiger partial charge in [0.2, 0.25) is 5.78 Å². The van der Waals surface area contributed by atoms with Gasteiger partial charge in [-0.05, 0) is 38.1 Å². The standard InChI is InChI=1S/C17H20N4O2/c1-19-13-7-3-4-8-14(13)21-15(16(22)23)12(18-17(19)21)11-20-9-5-2-6-10-20/h3-4,7-8H,2,5-6,9-11H2,1H3,(H,22,23). The van der Waals surface area contributed by atoms with E-state index in [0.29, 0.717) is 23.7 Å². The number of carboxylic acids is 1. The minimum Gasteiger partial charge on any atom is -0.477 e. The van der Waals surface area contributed by atoms with Crippen LogP contribution in [0.2, 0.25) is 0 Å². The summed E-state index contributed by atoms with van der Waals surface area (Å²) in [5.74, 6) is -0.225. The number of benzene rings is 1. The molecule has 1 saturated heterocycles. The van der Waals surface area contributed by atoms with Crippen LogP contribution in [0.3, 0.4) is 0 Å². The molecular formula is C17H20N4O2. The topological polar surface area (TPSA) is 62.8 Å². The highest BCUT2D eigenvalue weighted by Crippen LogP contribution is 2.25. The average Bonchev–Trinajstić information content (AvgIpc) is 3.05. The third-order valence-electron chi connectivity index (χ3n) is 4.74. The van der Waals surface area contributed by atoms with E-state index in [-0.39, 0.29) is 0 Å². The van der Waals surface area contributed by atoms with E-state index in [1.54, 1.807) is 4.40 Å². The van der Waals surface area contributed by atoms with Crippen LogP contribution in [0.4, 0.5) is 0 Å². The van der Waals surface area contributed by atoms with E-state index < -0.39 is 5.97 Å². The Hall–Kier alpha value is -2.34. The first-order valence-electron chi connectivity index (χ1n) is 8.07. The van der Waals surface area contributed by atoms with Crippen molar-refractivity contribution in [3.05, 3.63) is 35.7 Å². The Balaban J connectivity index is 1.89. The van der Waals surface area contributed by atoms with Gasteiger partial charge in [0.05, 0.1) is 16.7 Å². The zero-order chi connectivity index (χ0) is 16.0. The summed E-state index contributed by atoms with van der Waals surface area (Å²) in [6.07, 6.45) is 3.62. The zero-order valence-corrected chi connectivity index (χ0v) is 13.2. The molecule has 1 aliphatic rings. The van der Waals surface area contributed by atoms with Gasteiger partial charge in [-0.15, -0.1) is 0 Å². The number of aryl methyl sites for hydroxylation is 1.